The van der Waals surface area contributed by atoms with Gasteiger partial charge in [0.2, 0.25) is 5.91 Å². The maximum atomic E-state index is 12.2. The van der Waals surface area contributed by atoms with Crippen molar-refractivity contribution in [2.75, 3.05) is 5.73 Å². The Hall–Kier alpha value is -1.75. The summed E-state index contributed by atoms with van der Waals surface area (Å²) in [6.45, 7) is 7.34. The van der Waals surface area contributed by atoms with E-state index in [0.29, 0.717) is 11.3 Å². The van der Waals surface area contributed by atoms with Gasteiger partial charge >= 0.3 is 0 Å². The molecule has 1 atom stereocenters. The SMILES string of the molecule is Cc1ccc(N)cc1C(=O)NC(C(N)=O)C(C)(C)C.Cl. The number of halogens is 1. The number of nitrogens with one attached hydrogen (secondary N) is 1. The Morgan fingerprint density at radius 3 is 2.25 bits per heavy atom. The zero-order valence-electron chi connectivity index (χ0n) is 12.2. The molecule has 0 saturated carbocycles. The van der Waals surface area contributed by atoms with Gasteiger partial charge < -0.3 is 16.8 Å². The molecule has 0 saturated heterocycles. The van der Waals surface area contributed by atoms with Crippen LogP contribution in [-0.4, -0.2) is 17.9 Å². The molecule has 0 aromatic heterocycles. The number of carbonyl (C=O) groups excluding carboxylic acids is 2. The predicted molar refractivity (Wildman–Crippen MR) is 82.7 cm³/mol. The summed E-state index contributed by atoms with van der Waals surface area (Å²) < 4.78 is 0. The third-order valence-electron chi connectivity index (χ3n) is 2.93. The van der Waals surface area contributed by atoms with Crippen LogP contribution in [0.1, 0.15) is 36.7 Å². The summed E-state index contributed by atoms with van der Waals surface area (Å²) in [5.74, 6) is -0.897. The number of nitrogen functional groups attached to an aromatic ring is 1. The Labute approximate surface area is 125 Å². The predicted octanol–water partition coefficient (Wildman–Crippen LogP) is 1.63. The maximum Gasteiger partial charge on any atom is 0.252 e. The highest BCUT2D eigenvalue weighted by Crippen LogP contribution is 2.20. The topological polar surface area (TPSA) is 98.2 Å². The van der Waals surface area contributed by atoms with Crippen LogP contribution in [0.5, 0.6) is 0 Å². The normalized spacial score (nSPS) is 12.2. The molecule has 0 aliphatic carbocycles. The number of anilines is 1. The fourth-order valence-electron chi connectivity index (χ4n) is 1.81. The minimum atomic E-state index is -0.735. The molecule has 6 heteroatoms. The van der Waals surface area contributed by atoms with Gasteiger partial charge in [-0.25, -0.2) is 0 Å². The lowest BCUT2D eigenvalue weighted by molar-refractivity contribution is -0.122. The second-order valence-corrected chi connectivity index (χ2v) is 5.75. The number of nitrogens with two attached hydrogens (primary N) is 2. The van der Waals surface area contributed by atoms with Crippen LogP contribution in [0.15, 0.2) is 18.2 Å². The number of rotatable bonds is 3. The maximum absolute atomic E-state index is 12.2. The van der Waals surface area contributed by atoms with Gasteiger partial charge in [0.25, 0.3) is 5.91 Å². The summed E-state index contributed by atoms with van der Waals surface area (Å²) in [7, 11) is 0. The van der Waals surface area contributed by atoms with Gasteiger partial charge in [0, 0.05) is 11.3 Å². The van der Waals surface area contributed by atoms with Gasteiger partial charge in [-0.1, -0.05) is 26.8 Å². The minimum absolute atomic E-state index is 0. The number of hydrogen-bond donors (Lipinski definition) is 3. The number of primary amides is 1. The largest absolute Gasteiger partial charge is 0.399 e. The van der Waals surface area contributed by atoms with Crippen LogP contribution in [0.4, 0.5) is 5.69 Å². The van der Waals surface area contributed by atoms with E-state index >= 15 is 0 Å². The molecule has 1 aromatic rings. The van der Waals surface area contributed by atoms with E-state index in [1.165, 1.54) is 0 Å². The zero-order valence-corrected chi connectivity index (χ0v) is 13.0. The van der Waals surface area contributed by atoms with Gasteiger partial charge in [0.1, 0.15) is 6.04 Å². The molecule has 5 nitrogen and oxygen atoms in total. The lowest BCUT2D eigenvalue weighted by Gasteiger charge is -2.28. The van der Waals surface area contributed by atoms with Crippen LogP contribution in [0.2, 0.25) is 0 Å². The van der Waals surface area contributed by atoms with Crippen LogP contribution < -0.4 is 16.8 Å². The van der Waals surface area contributed by atoms with E-state index in [4.69, 9.17) is 11.5 Å². The van der Waals surface area contributed by atoms with Crippen molar-refractivity contribution in [1.29, 1.82) is 0 Å². The third-order valence-corrected chi connectivity index (χ3v) is 2.93. The molecule has 112 valence electrons. The molecule has 0 aliphatic heterocycles. The number of benzene rings is 1. The van der Waals surface area contributed by atoms with Crippen LogP contribution in [0.3, 0.4) is 0 Å². The third kappa shape index (κ3) is 4.42. The first kappa shape index (κ1) is 18.2. The van der Waals surface area contributed by atoms with E-state index in [1.807, 2.05) is 27.7 Å². The molecule has 1 aromatic carbocycles. The highest BCUT2D eigenvalue weighted by molar-refractivity contribution is 5.99. The lowest BCUT2D eigenvalue weighted by atomic mass is 9.86. The lowest BCUT2D eigenvalue weighted by Crippen LogP contribution is -2.52. The first-order valence-corrected chi connectivity index (χ1v) is 6.09. The van der Waals surface area contributed by atoms with Gasteiger partial charge in [0.15, 0.2) is 0 Å². The Morgan fingerprint density at radius 2 is 1.80 bits per heavy atom. The van der Waals surface area contributed by atoms with E-state index in [2.05, 4.69) is 5.32 Å². The summed E-state index contributed by atoms with van der Waals surface area (Å²) in [5, 5.41) is 2.67. The molecule has 0 fully saturated rings. The van der Waals surface area contributed by atoms with E-state index < -0.39 is 17.4 Å². The molecule has 0 bridgehead atoms. The van der Waals surface area contributed by atoms with E-state index in [1.54, 1.807) is 18.2 Å². The first-order valence-electron chi connectivity index (χ1n) is 6.09. The summed E-state index contributed by atoms with van der Waals surface area (Å²) in [6.07, 6.45) is 0. The van der Waals surface area contributed by atoms with Crippen LogP contribution in [0, 0.1) is 12.3 Å². The highest BCUT2D eigenvalue weighted by Gasteiger charge is 2.31. The van der Waals surface area contributed by atoms with Gasteiger partial charge in [-0.15, -0.1) is 12.4 Å². The second kappa shape index (κ2) is 6.61. The van der Waals surface area contributed by atoms with Crippen molar-refractivity contribution in [2.24, 2.45) is 11.1 Å². The summed E-state index contributed by atoms with van der Waals surface area (Å²) in [6, 6.07) is 4.34. The molecule has 2 amide bonds. The summed E-state index contributed by atoms with van der Waals surface area (Å²) >= 11 is 0. The Bertz CT molecular complexity index is 510. The highest BCUT2D eigenvalue weighted by atomic mass is 35.5. The van der Waals surface area contributed by atoms with Crippen molar-refractivity contribution in [1.82, 2.24) is 5.32 Å². The molecule has 0 radical (unpaired) electrons. The van der Waals surface area contributed by atoms with Crippen LogP contribution in [0.25, 0.3) is 0 Å². The number of amides is 2. The Balaban J connectivity index is 0.00000361. The molecular formula is C14H22ClN3O2. The van der Waals surface area contributed by atoms with Crippen molar-refractivity contribution < 1.29 is 9.59 Å². The monoisotopic (exact) mass is 299 g/mol. The van der Waals surface area contributed by atoms with Gasteiger partial charge in [-0.05, 0) is 30.0 Å². The van der Waals surface area contributed by atoms with E-state index in [-0.39, 0.29) is 18.3 Å². The van der Waals surface area contributed by atoms with Crippen LogP contribution in [-0.2, 0) is 4.79 Å². The molecule has 20 heavy (non-hydrogen) atoms. The molecule has 0 spiro atoms. The summed E-state index contributed by atoms with van der Waals surface area (Å²) in [5.41, 5.74) is 12.3. The van der Waals surface area contributed by atoms with Gasteiger partial charge in [-0.3, -0.25) is 9.59 Å². The van der Waals surface area contributed by atoms with Crippen molar-refractivity contribution in [2.45, 2.75) is 33.7 Å². The fraction of sp³-hybridized carbons (Fsp3) is 0.429. The smallest absolute Gasteiger partial charge is 0.252 e. The Kier molecular flexibility index (Phi) is 6.03. The second-order valence-electron chi connectivity index (χ2n) is 5.75. The Morgan fingerprint density at radius 1 is 1.25 bits per heavy atom. The van der Waals surface area contributed by atoms with Crippen LogP contribution >= 0.6 is 12.4 Å². The molecular weight excluding hydrogens is 278 g/mol. The molecule has 0 aliphatic rings. The van der Waals surface area contributed by atoms with E-state index in [9.17, 15) is 9.59 Å². The van der Waals surface area contributed by atoms with Gasteiger partial charge in [0.05, 0.1) is 0 Å². The zero-order chi connectivity index (χ0) is 14.8. The van der Waals surface area contributed by atoms with Crippen molar-refractivity contribution in [3.63, 3.8) is 0 Å². The van der Waals surface area contributed by atoms with Crippen molar-refractivity contribution in [3.8, 4) is 0 Å². The number of carbonyl (C=O) groups is 2. The average molecular weight is 300 g/mol. The van der Waals surface area contributed by atoms with Crippen molar-refractivity contribution >= 4 is 29.9 Å². The number of hydrogen-bond acceptors (Lipinski definition) is 3. The average Bonchev–Trinajstić information content (AvgIpc) is 2.26. The van der Waals surface area contributed by atoms with Crippen molar-refractivity contribution in [3.05, 3.63) is 29.3 Å². The molecule has 5 N–H and O–H groups in total. The molecule has 1 unspecified atom stereocenters. The summed E-state index contributed by atoms with van der Waals surface area (Å²) in [4.78, 5) is 23.7. The minimum Gasteiger partial charge on any atom is -0.399 e. The number of aryl methyl sites for hydroxylation is 1. The quantitative estimate of drug-likeness (QED) is 0.740. The van der Waals surface area contributed by atoms with Gasteiger partial charge in [-0.2, -0.15) is 0 Å². The van der Waals surface area contributed by atoms with E-state index in [0.717, 1.165) is 5.56 Å². The molecule has 1 rings (SSSR count). The fourth-order valence-corrected chi connectivity index (χ4v) is 1.81. The first-order chi connectivity index (χ1) is 8.62. The molecule has 0 heterocycles. The standard InChI is InChI=1S/C14H21N3O2.ClH/c1-8-5-6-9(15)7-10(8)13(19)17-11(12(16)18)14(2,3)4;/h5-7,11H,15H2,1-4H3,(H2,16,18)(H,17,19);1H.